The van der Waals surface area contributed by atoms with Crippen LogP contribution in [0.15, 0.2) is 34.8 Å². The van der Waals surface area contributed by atoms with E-state index < -0.39 is 37.1 Å². The maximum Gasteiger partial charge on any atom is 0.407 e. The Morgan fingerprint density at radius 1 is 0.756 bits per heavy atom. The van der Waals surface area contributed by atoms with Gasteiger partial charge in [-0.1, -0.05) is 12.1 Å². The van der Waals surface area contributed by atoms with Gasteiger partial charge in [0.25, 0.3) is 0 Å². The molecule has 0 aromatic heterocycles. The van der Waals surface area contributed by atoms with Gasteiger partial charge in [-0.15, -0.1) is 0 Å². The lowest BCUT2D eigenvalue weighted by molar-refractivity contribution is 0.128. The van der Waals surface area contributed by atoms with Crippen molar-refractivity contribution in [2.75, 3.05) is 39.5 Å². The van der Waals surface area contributed by atoms with Gasteiger partial charge in [-0.3, -0.25) is 5.32 Å². The van der Waals surface area contributed by atoms with E-state index in [1.165, 1.54) is 0 Å². The molecule has 4 amide bonds. The Balaban J connectivity index is 2.56. The second kappa shape index (κ2) is 16.3. The van der Waals surface area contributed by atoms with Gasteiger partial charge < -0.3 is 55.3 Å². The maximum absolute atomic E-state index is 11.3. The van der Waals surface area contributed by atoms with Gasteiger partial charge in [0.1, 0.15) is 13.2 Å². The molecule has 2 rings (SSSR count). The van der Waals surface area contributed by atoms with E-state index in [-0.39, 0.29) is 55.9 Å². The fourth-order valence-corrected chi connectivity index (χ4v) is 3.76. The summed E-state index contributed by atoms with van der Waals surface area (Å²) in [7, 11) is 0. The highest BCUT2D eigenvalue weighted by molar-refractivity contribution is 9.10. The first-order valence-electron chi connectivity index (χ1n) is 11.9. The van der Waals surface area contributed by atoms with Crippen molar-refractivity contribution in [1.29, 1.82) is 0 Å². The summed E-state index contributed by atoms with van der Waals surface area (Å²) in [6.45, 7) is 1.20. The minimum Gasteiger partial charge on any atom is -0.489 e. The van der Waals surface area contributed by atoms with Crippen LogP contribution in [0.25, 0.3) is 11.1 Å². The quantitative estimate of drug-likeness (QED) is 0.0972. The second-order valence-corrected chi connectivity index (χ2v) is 8.58. The molecule has 17 heteroatoms. The van der Waals surface area contributed by atoms with Gasteiger partial charge in [0.15, 0.2) is 29.2 Å². The van der Waals surface area contributed by atoms with E-state index >= 15 is 0 Å². The number of halogens is 1. The molecule has 0 spiro atoms. The lowest BCUT2D eigenvalue weighted by Gasteiger charge is -2.24. The van der Waals surface area contributed by atoms with Crippen molar-refractivity contribution in [1.82, 2.24) is 21.3 Å². The van der Waals surface area contributed by atoms with Crippen molar-refractivity contribution in [3.8, 4) is 34.1 Å². The topological polar surface area (TPSA) is 234 Å². The molecule has 16 nitrogen and oxygen atoms in total. The van der Waals surface area contributed by atoms with Crippen molar-refractivity contribution < 1.29 is 58.6 Å². The highest BCUT2D eigenvalue weighted by Gasteiger charge is 2.24. The second-order valence-electron chi connectivity index (χ2n) is 7.72. The van der Waals surface area contributed by atoms with Gasteiger partial charge in [-0.25, -0.2) is 19.2 Å². The number of hydrogen-bond acceptors (Lipinski definition) is 8. The molecule has 0 aliphatic rings. The van der Waals surface area contributed by atoms with Crippen LogP contribution in [0.4, 0.5) is 19.2 Å². The van der Waals surface area contributed by atoms with Crippen LogP contribution < -0.4 is 40.2 Å². The summed E-state index contributed by atoms with van der Waals surface area (Å²) >= 11 is 3.36. The number of rotatable bonds is 16. The molecule has 0 heterocycles. The molecule has 0 saturated carbocycles. The maximum atomic E-state index is 11.3. The molecule has 1 atom stereocenters. The molecule has 2 aromatic carbocycles. The number of ether oxygens (including phenoxy) is 4. The molecule has 0 saturated heterocycles. The highest BCUT2D eigenvalue weighted by atomic mass is 79.9. The number of para-hydroxylation sites is 1. The van der Waals surface area contributed by atoms with Crippen LogP contribution in [-0.4, -0.2) is 90.5 Å². The third kappa shape index (κ3) is 10.7. The first kappa shape index (κ1) is 32.4. The van der Waals surface area contributed by atoms with E-state index in [1.54, 1.807) is 37.3 Å². The van der Waals surface area contributed by atoms with Crippen LogP contribution >= 0.6 is 15.9 Å². The average molecular weight is 645 g/mol. The van der Waals surface area contributed by atoms with Gasteiger partial charge in [-0.05, 0) is 41.1 Å². The van der Waals surface area contributed by atoms with Crippen LogP contribution in [-0.2, 0) is 0 Å². The minimum atomic E-state index is -1.46. The molecule has 2 aromatic rings. The number of hydrogen-bond donors (Lipinski definition) is 8. The molecule has 0 aliphatic heterocycles. The van der Waals surface area contributed by atoms with Crippen molar-refractivity contribution >= 4 is 40.3 Å². The molecular formula is C24H29BrN4O12. The van der Waals surface area contributed by atoms with E-state index in [0.717, 1.165) is 0 Å². The molecule has 41 heavy (non-hydrogen) atoms. The van der Waals surface area contributed by atoms with E-state index in [0.29, 0.717) is 15.6 Å². The Hall–Kier alpha value is -4.80. The smallest absolute Gasteiger partial charge is 0.407 e. The predicted octanol–water partition coefficient (Wildman–Crippen LogP) is 3.05. The Morgan fingerprint density at radius 2 is 1.37 bits per heavy atom. The Bertz CT molecular complexity index is 1230. The van der Waals surface area contributed by atoms with Crippen LogP contribution in [0.5, 0.6) is 23.0 Å². The summed E-state index contributed by atoms with van der Waals surface area (Å²) in [4.78, 5) is 43.9. The molecule has 0 fully saturated rings. The van der Waals surface area contributed by atoms with Crippen molar-refractivity contribution in [3.63, 3.8) is 0 Å². The van der Waals surface area contributed by atoms with Crippen LogP contribution in [0.3, 0.4) is 0 Å². The lowest BCUT2D eigenvalue weighted by Crippen LogP contribution is -2.46. The zero-order valence-corrected chi connectivity index (χ0v) is 23.2. The largest absolute Gasteiger partial charge is 0.489 e. The number of benzene rings is 2. The fraction of sp³-hybridized carbons (Fsp3) is 0.333. The Kier molecular flexibility index (Phi) is 12.9. The molecule has 0 aliphatic carbocycles. The van der Waals surface area contributed by atoms with Crippen molar-refractivity contribution in [2.24, 2.45) is 0 Å². The van der Waals surface area contributed by atoms with Gasteiger partial charge in [-0.2, -0.15) is 0 Å². The van der Waals surface area contributed by atoms with E-state index in [9.17, 15) is 24.3 Å². The molecule has 224 valence electrons. The molecule has 0 radical (unpaired) electrons. The number of carbonyl (C=O) groups is 4. The predicted molar refractivity (Wildman–Crippen MR) is 145 cm³/mol. The normalized spacial score (nSPS) is 11.0. The minimum absolute atomic E-state index is 0.0254. The zero-order chi connectivity index (χ0) is 30.4. The molecular weight excluding hydrogens is 616 g/mol. The summed E-state index contributed by atoms with van der Waals surface area (Å²) in [5.74, 6) is 0.587. The van der Waals surface area contributed by atoms with E-state index in [4.69, 9.17) is 34.3 Å². The van der Waals surface area contributed by atoms with Gasteiger partial charge in [0, 0.05) is 11.1 Å². The summed E-state index contributed by atoms with van der Waals surface area (Å²) in [5, 5.41) is 44.3. The number of nitrogens with one attached hydrogen (secondary N) is 4. The molecule has 8 N–H and O–H groups in total. The Morgan fingerprint density at radius 3 is 1.95 bits per heavy atom. The van der Waals surface area contributed by atoms with E-state index in [2.05, 4.69) is 37.2 Å². The zero-order valence-electron chi connectivity index (χ0n) is 21.6. The highest BCUT2D eigenvalue weighted by Crippen LogP contribution is 2.48. The Labute approximate surface area is 241 Å². The fourth-order valence-electron chi connectivity index (χ4n) is 3.35. The van der Waals surface area contributed by atoms with Crippen LogP contribution in [0.2, 0.25) is 0 Å². The third-order valence-corrected chi connectivity index (χ3v) is 5.49. The monoisotopic (exact) mass is 644 g/mol. The summed E-state index contributed by atoms with van der Waals surface area (Å²) in [6.07, 6.45) is -6.66. The lowest BCUT2D eigenvalue weighted by atomic mass is 10.0. The summed E-state index contributed by atoms with van der Waals surface area (Å²) in [5.41, 5.74) is 0.817. The standard InChI is InChI=1S/C24H29BrN4O12/c1-2-38-19-14(6-7-15(25)20(19)41-17(29-24(36)37)12-28-23(34)35)13-4-3-5-16(39-10-8-26-21(30)31)18(13)40-11-9-27-22(32)33/h3-7,17,26-29H,2,8-12H2,1H3,(H,30,31)(H,32,33)(H,34,35)(H,36,37). The first-order chi connectivity index (χ1) is 19.5. The van der Waals surface area contributed by atoms with Gasteiger partial charge in [0.05, 0.1) is 30.7 Å². The average Bonchev–Trinajstić information content (AvgIpc) is 2.89. The van der Waals surface area contributed by atoms with Gasteiger partial charge >= 0.3 is 24.4 Å². The first-order valence-corrected chi connectivity index (χ1v) is 12.7. The molecule has 1 unspecified atom stereocenters. The third-order valence-electron chi connectivity index (χ3n) is 4.87. The van der Waals surface area contributed by atoms with Gasteiger partial charge in [0.2, 0.25) is 0 Å². The van der Waals surface area contributed by atoms with E-state index in [1.807, 2.05) is 0 Å². The van der Waals surface area contributed by atoms with Crippen molar-refractivity contribution in [3.05, 3.63) is 34.8 Å². The van der Waals surface area contributed by atoms with Crippen LogP contribution in [0, 0.1) is 0 Å². The number of carboxylic acid groups (broad SMARTS) is 4. The van der Waals surface area contributed by atoms with Crippen LogP contribution in [0.1, 0.15) is 6.92 Å². The summed E-state index contributed by atoms with van der Waals surface area (Å²) < 4.78 is 23.7. The molecule has 0 bridgehead atoms. The summed E-state index contributed by atoms with van der Waals surface area (Å²) in [6, 6.07) is 8.13. The SMILES string of the molecule is CCOc1c(-c2cccc(OCCNC(=O)O)c2OCCNC(=O)O)ccc(Br)c1OC(CNC(=O)O)NC(=O)O. The van der Waals surface area contributed by atoms with Crippen molar-refractivity contribution in [2.45, 2.75) is 13.2 Å². The number of amides is 4.